The molecule has 0 unspecified atom stereocenters. The fourth-order valence-corrected chi connectivity index (χ4v) is 6.20. The minimum atomic E-state index is -1.44. The van der Waals surface area contributed by atoms with Crippen LogP contribution < -0.4 is 16.1 Å². The van der Waals surface area contributed by atoms with Crippen molar-refractivity contribution >= 4 is 35.4 Å². The normalized spacial score (nSPS) is 20.0. The van der Waals surface area contributed by atoms with E-state index in [1.807, 2.05) is 6.07 Å². The van der Waals surface area contributed by atoms with Crippen molar-refractivity contribution in [2.75, 3.05) is 25.5 Å². The van der Waals surface area contributed by atoms with Crippen molar-refractivity contribution in [2.45, 2.75) is 25.3 Å². The average Bonchev–Trinajstić information content (AvgIpc) is 3.45. The van der Waals surface area contributed by atoms with Crippen molar-refractivity contribution in [1.82, 2.24) is 19.4 Å². The molecule has 1 atom stereocenters. The van der Waals surface area contributed by atoms with Gasteiger partial charge in [-0.25, -0.2) is 14.2 Å². The van der Waals surface area contributed by atoms with Crippen LogP contribution in [0.15, 0.2) is 63.1 Å². The van der Waals surface area contributed by atoms with Gasteiger partial charge >= 0.3 is 11.7 Å². The van der Waals surface area contributed by atoms with Crippen molar-refractivity contribution in [1.29, 1.82) is 0 Å². The number of benzene rings is 2. The number of aromatic amines is 1. The highest BCUT2D eigenvalue weighted by atomic mass is 16.3. The van der Waals surface area contributed by atoms with Crippen LogP contribution in [0.25, 0.3) is 5.69 Å². The molecule has 3 aromatic rings. The summed E-state index contributed by atoms with van der Waals surface area (Å²) in [5.41, 5.74) is -0.876. The highest BCUT2D eigenvalue weighted by molar-refractivity contribution is 6.20. The lowest BCUT2D eigenvalue weighted by Gasteiger charge is -2.50. The number of hydrogen-bond donors (Lipinski definition) is 2. The lowest BCUT2D eigenvalue weighted by atomic mass is 9.68. The van der Waals surface area contributed by atoms with Crippen LogP contribution in [0.5, 0.6) is 5.88 Å². The number of rotatable bonds is 3. The minimum absolute atomic E-state index is 0.0945. The minimum Gasteiger partial charge on any atom is -0.493 e. The molecule has 2 aromatic carbocycles. The van der Waals surface area contributed by atoms with Crippen molar-refractivity contribution in [2.24, 2.45) is 10.4 Å². The van der Waals surface area contributed by atoms with Crippen molar-refractivity contribution in [3.63, 3.8) is 0 Å². The highest BCUT2D eigenvalue weighted by Gasteiger charge is 2.63. The Bertz CT molecular complexity index is 1700. The molecule has 12 heteroatoms. The van der Waals surface area contributed by atoms with Crippen LogP contribution in [0.3, 0.4) is 0 Å². The van der Waals surface area contributed by atoms with E-state index in [1.54, 1.807) is 42.5 Å². The molecule has 1 aromatic heterocycles. The third kappa shape index (κ3) is 3.52. The summed E-state index contributed by atoms with van der Waals surface area (Å²) in [6.45, 7) is 0.661. The number of carbonyl (C=O) groups is 3. The molecule has 1 spiro atoms. The molecule has 40 heavy (non-hydrogen) atoms. The monoisotopic (exact) mass is 542 g/mol. The van der Waals surface area contributed by atoms with Crippen LogP contribution in [0.2, 0.25) is 0 Å². The van der Waals surface area contributed by atoms with E-state index in [1.165, 1.54) is 20.3 Å². The molecule has 6 rings (SSSR count). The number of nitrogens with zero attached hydrogens (tertiary/aromatic N) is 5. The number of fused-ring (bicyclic) bond motifs is 4. The van der Waals surface area contributed by atoms with Gasteiger partial charge in [0.15, 0.2) is 5.41 Å². The van der Waals surface area contributed by atoms with Gasteiger partial charge in [-0.1, -0.05) is 18.2 Å². The molecule has 0 bridgehead atoms. The third-order valence-corrected chi connectivity index (χ3v) is 8.09. The topological polar surface area (TPSA) is 148 Å². The van der Waals surface area contributed by atoms with E-state index in [-0.39, 0.29) is 18.0 Å². The number of aromatic nitrogens is 2. The molecular weight excluding hydrogens is 516 g/mol. The quantitative estimate of drug-likeness (QED) is 0.377. The number of nitrogens with one attached hydrogen (secondary N) is 1. The van der Waals surface area contributed by atoms with Crippen molar-refractivity contribution in [3.05, 3.63) is 80.5 Å². The SMILES string of the molecule is CN1C(=O)N(C)C(=O)C2(Cc3cc(N=Cc4c(O)n(-c5ccccc5)c(=O)[nH]c4=O)ccc3N3CCC[C@H]32)C1=O. The number of aliphatic imine (C=N–C) groups is 1. The summed E-state index contributed by atoms with van der Waals surface area (Å²) in [6.07, 6.45) is 2.71. The molecule has 2 saturated heterocycles. The summed E-state index contributed by atoms with van der Waals surface area (Å²) in [4.78, 5) is 75.3. The van der Waals surface area contributed by atoms with Gasteiger partial charge in [-0.05, 0) is 55.2 Å². The molecule has 0 aliphatic carbocycles. The molecule has 3 aliphatic rings. The number of urea groups is 1. The predicted octanol–water partition coefficient (Wildman–Crippen LogP) is 1.54. The first kappa shape index (κ1) is 25.3. The maximum atomic E-state index is 13.6. The number of barbiturate groups is 1. The van der Waals surface area contributed by atoms with E-state index in [9.17, 15) is 29.1 Å². The van der Waals surface area contributed by atoms with E-state index in [0.717, 1.165) is 26.5 Å². The lowest BCUT2D eigenvalue weighted by molar-refractivity contribution is -0.159. The number of imide groups is 2. The smallest absolute Gasteiger partial charge is 0.335 e. The second-order valence-corrected chi connectivity index (χ2v) is 10.2. The van der Waals surface area contributed by atoms with Crippen molar-refractivity contribution in [3.8, 4) is 11.6 Å². The van der Waals surface area contributed by atoms with E-state index >= 15 is 0 Å². The maximum Gasteiger partial charge on any atom is 0.335 e. The van der Waals surface area contributed by atoms with Crippen LogP contribution in [0.4, 0.5) is 16.2 Å². The molecule has 204 valence electrons. The Morgan fingerprint density at radius 1 is 1.00 bits per heavy atom. The Balaban J connectivity index is 1.41. The van der Waals surface area contributed by atoms with Gasteiger partial charge in [0.25, 0.3) is 5.56 Å². The average molecular weight is 543 g/mol. The Morgan fingerprint density at radius 2 is 1.70 bits per heavy atom. The van der Waals surface area contributed by atoms with Crippen LogP contribution in [0, 0.1) is 5.41 Å². The second-order valence-electron chi connectivity index (χ2n) is 10.2. The largest absolute Gasteiger partial charge is 0.493 e. The summed E-state index contributed by atoms with van der Waals surface area (Å²) in [6, 6.07) is 12.7. The molecule has 12 nitrogen and oxygen atoms in total. The standard InChI is InChI=1S/C28H26N6O6/c1-31-24(37)28(25(38)32(2)27(31)40)14-16-13-17(10-11-20(16)33-12-6-9-21(28)33)29-15-19-22(35)30-26(39)34(23(19)36)18-7-4-3-5-8-18/h3-5,7-8,10-11,13,15,21,36H,6,9,12,14H2,1-2H3,(H,30,35,39)/t21-/m0/s1. The first-order valence-corrected chi connectivity index (χ1v) is 12.8. The van der Waals surface area contributed by atoms with Gasteiger partial charge in [-0.15, -0.1) is 0 Å². The van der Waals surface area contributed by atoms with E-state index in [0.29, 0.717) is 29.9 Å². The number of aromatic hydroxyl groups is 1. The zero-order valence-electron chi connectivity index (χ0n) is 21.8. The Hall–Kier alpha value is -5.00. The van der Waals surface area contributed by atoms with Gasteiger partial charge in [-0.2, -0.15) is 0 Å². The van der Waals surface area contributed by atoms with Gasteiger partial charge in [-0.3, -0.25) is 34.2 Å². The molecule has 0 radical (unpaired) electrons. The first-order valence-electron chi connectivity index (χ1n) is 12.8. The zero-order valence-corrected chi connectivity index (χ0v) is 21.8. The van der Waals surface area contributed by atoms with Crippen molar-refractivity contribution < 1.29 is 19.5 Å². The summed E-state index contributed by atoms with van der Waals surface area (Å²) >= 11 is 0. The van der Waals surface area contributed by atoms with Gasteiger partial charge in [0.05, 0.1) is 17.4 Å². The third-order valence-electron chi connectivity index (χ3n) is 8.09. The van der Waals surface area contributed by atoms with Gasteiger partial charge in [0.2, 0.25) is 17.7 Å². The number of hydrogen-bond acceptors (Lipinski definition) is 8. The summed E-state index contributed by atoms with van der Waals surface area (Å²) in [5, 5.41) is 10.8. The second kappa shape index (κ2) is 9.04. The van der Waals surface area contributed by atoms with Crippen LogP contribution >= 0.6 is 0 Å². The van der Waals surface area contributed by atoms with Crippen LogP contribution in [-0.4, -0.2) is 75.2 Å². The Morgan fingerprint density at radius 3 is 2.40 bits per heavy atom. The van der Waals surface area contributed by atoms with Crippen LogP contribution in [0.1, 0.15) is 24.0 Å². The number of H-pyrrole nitrogens is 1. The van der Waals surface area contributed by atoms with Gasteiger partial charge in [0.1, 0.15) is 5.56 Å². The summed E-state index contributed by atoms with van der Waals surface area (Å²) < 4.78 is 0.974. The molecule has 3 aliphatic heterocycles. The van der Waals surface area contributed by atoms with Gasteiger partial charge < -0.3 is 10.0 Å². The number of carbonyl (C=O) groups excluding carboxylic acids is 3. The summed E-state index contributed by atoms with van der Waals surface area (Å²) in [7, 11) is 2.79. The maximum absolute atomic E-state index is 13.6. The molecule has 2 fully saturated rings. The molecule has 4 amide bonds. The molecule has 2 N–H and O–H groups in total. The van der Waals surface area contributed by atoms with E-state index < -0.39 is 40.4 Å². The summed E-state index contributed by atoms with van der Waals surface area (Å²) in [5.74, 6) is -1.59. The van der Waals surface area contributed by atoms with Gasteiger partial charge in [0, 0.05) is 32.5 Å². The Labute approximate surface area is 227 Å². The predicted molar refractivity (Wildman–Crippen MR) is 145 cm³/mol. The molecular formula is C28H26N6O6. The number of amides is 4. The van der Waals surface area contributed by atoms with E-state index in [2.05, 4.69) is 14.9 Å². The first-order chi connectivity index (χ1) is 19.1. The van der Waals surface area contributed by atoms with Crippen LogP contribution in [-0.2, 0) is 16.0 Å². The Kier molecular flexibility index (Phi) is 5.71. The number of para-hydroxylation sites is 1. The number of anilines is 1. The fourth-order valence-electron chi connectivity index (χ4n) is 6.20. The molecule has 0 saturated carbocycles. The van der Waals surface area contributed by atoms with E-state index in [4.69, 9.17) is 0 Å². The zero-order chi connectivity index (χ0) is 28.3. The highest BCUT2D eigenvalue weighted by Crippen LogP contribution is 2.49. The lowest BCUT2D eigenvalue weighted by Crippen LogP contribution is -2.70. The molecule has 4 heterocycles. The fraction of sp³-hybridized carbons (Fsp3) is 0.286.